The molecule has 1 unspecified atom stereocenters. The third kappa shape index (κ3) is 3.04. The van der Waals surface area contributed by atoms with Crippen molar-refractivity contribution in [3.8, 4) is 6.07 Å². The Morgan fingerprint density at radius 2 is 2.33 bits per heavy atom. The lowest BCUT2D eigenvalue weighted by Gasteiger charge is -2.23. The monoisotopic (exact) mass is 248 g/mol. The van der Waals surface area contributed by atoms with Crippen LogP contribution in [0.15, 0.2) is 12.3 Å². The first-order valence-corrected chi connectivity index (χ1v) is 6.11. The molecule has 0 fully saturated rings. The van der Waals surface area contributed by atoms with Crippen molar-refractivity contribution in [1.29, 1.82) is 5.26 Å². The molecule has 0 bridgehead atoms. The summed E-state index contributed by atoms with van der Waals surface area (Å²) in [5.74, 6) is -0.0945. The lowest BCUT2D eigenvalue weighted by atomic mass is 10.2. The number of aromatic nitrogens is 1. The van der Waals surface area contributed by atoms with Crippen LogP contribution in [0.25, 0.3) is 0 Å². The number of rotatable bonds is 5. The fourth-order valence-corrected chi connectivity index (χ4v) is 1.79. The molecule has 0 aliphatic rings. The number of hydrogen-bond acceptors (Lipinski definition) is 3. The van der Waals surface area contributed by atoms with Crippen LogP contribution in [0.3, 0.4) is 0 Å². The Labute approximate surface area is 108 Å². The Bertz CT molecular complexity index is 458. The first-order chi connectivity index (χ1) is 8.51. The van der Waals surface area contributed by atoms with Gasteiger partial charge in [0.2, 0.25) is 0 Å². The molecule has 5 heteroatoms. The van der Waals surface area contributed by atoms with Crippen molar-refractivity contribution in [2.75, 3.05) is 12.8 Å². The van der Waals surface area contributed by atoms with Crippen LogP contribution < -0.4 is 5.73 Å². The van der Waals surface area contributed by atoms with Gasteiger partial charge in [-0.15, -0.1) is 0 Å². The van der Waals surface area contributed by atoms with E-state index in [-0.39, 0.29) is 11.9 Å². The van der Waals surface area contributed by atoms with Gasteiger partial charge < -0.3 is 15.2 Å². The molecule has 0 aliphatic carbocycles. The van der Waals surface area contributed by atoms with Crippen LogP contribution in [-0.4, -0.2) is 28.5 Å². The first-order valence-electron chi connectivity index (χ1n) is 6.11. The van der Waals surface area contributed by atoms with Crippen molar-refractivity contribution in [2.45, 2.75) is 39.3 Å². The van der Waals surface area contributed by atoms with Gasteiger partial charge in [0, 0.05) is 25.8 Å². The molecule has 1 aromatic rings. The van der Waals surface area contributed by atoms with Gasteiger partial charge in [0.1, 0.15) is 5.69 Å². The second-order valence-corrected chi connectivity index (χ2v) is 4.48. The number of carbonyl (C=O) groups excluding carboxylic acids is 1. The molecule has 0 aliphatic heterocycles. The Kier molecular flexibility index (Phi) is 4.78. The maximum atomic E-state index is 12.3. The van der Waals surface area contributed by atoms with E-state index in [9.17, 15) is 4.79 Å². The van der Waals surface area contributed by atoms with Crippen LogP contribution in [0.5, 0.6) is 0 Å². The molecule has 1 rings (SSSR count). The third-order valence-electron chi connectivity index (χ3n) is 2.97. The number of nitriles is 1. The van der Waals surface area contributed by atoms with Gasteiger partial charge in [-0.3, -0.25) is 4.79 Å². The highest BCUT2D eigenvalue weighted by Gasteiger charge is 2.20. The highest BCUT2D eigenvalue weighted by molar-refractivity contribution is 5.93. The zero-order valence-electron chi connectivity index (χ0n) is 11.2. The fraction of sp³-hybridized carbons (Fsp3) is 0.538. The number of hydrogen-bond donors (Lipinski definition) is 1. The van der Waals surface area contributed by atoms with Crippen molar-refractivity contribution in [3.63, 3.8) is 0 Å². The van der Waals surface area contributed by atoms with Gasteiger partial charge in [0.15, 0.2) is 0 Å². The summed E-state index contributed by atoms with van der Waals surface area (Å²) in [6.45, 7) is 4.67. The number of carbonyl (C=O) groups is 1. The molecule has 1 atom stereocenters. The average Bonchev–Trinajstić information content (AvgIpc) is 2.69. The number of aryl methyl sites for hydroxylation is 1. The van der Waals surface area contributed by atoms with E-state index in [1.807, 2.05) is 18.4 Å². The maximum Gasteiger partial charge on any atom is 0.270 e. The minimum Gasteiger partial charge on any atom is -0.397 e. The van der Waals surface area contributed by atoms with Gasteiger partial charge in [-0.25, -0.2) is 0 Å². The van der Waals surface area contributed by atoms with Gasteiger partial charge in [-0.1, -0.05) is 6.92 Å². The predicted octanol–water partition coefficient (Wildman–Crippen LogP) is 1.85. The van der Waals surface area contributed by atoms with Crippen LogP contribution in [-0.2, 0) is 6.54 Å². The number of nitrogens with two attached hydrogens (primary N) is 1. The van der Waals surface area contributed by atoms with Crippen molar-refractivity contribution in [1.82, 2.24) is 9.47 Å². The molecule has 0 saturated heterocycles. The largest absolute Gasteiger partial charge is 0.397 e. The summed E-state index contributed by atoms with van der Waals surface area (Å²) < 4.78 is 1.87. The molecule has 0 spiro atoms. The normalized spacial score (nSPS) is 11.9. The standard InChI is InChI=1S/C13H20N4O/c1-4-7-17-9-11(15)8-12(17)13(18)16(3)10(2)5-6-14/h8-10H,4-5,7,15H2,1-3H3. The van der Waals surface area contributed by atoms with E-state index in [2.05, 4.69) is 6.07 Å². The molecule has 1 amide bonds. The summed E-state index contributed by atoms with van der Waals surface area (Å²) in [6, 6.07) is 3.66. The van der Waals surface area contributed by atoms with E-state index in [0.717, 1.165) is 13.0 Å². The smallest absolute Gasteiger partial charge is 0.270 e. The summed E-state index contributed by atoms with van der Waals surface area (Å²) in [4.78, 5) is 13.9. The lowest BCUT2D eigenvalue weighted by molar-refractivity contribution is 0.0735. The molecule has 18 heavy (non-hydrogen) atoms. The quantitative estimate of drug-likeness (QED) is 0.864. The van der Waals surface area contributed by atoms with Gasteiger partial charge >= 0.3 is 0 Å². The van der Waals surface area contributed by atoms with Crippen LogP contribution in [0.1, 0.15) is 37.2 Å². The molecule has 1 heterocycles. The van der Waals surface area contributed by atoms with Crippen LogP contribution in [0, 0.1) is 11.3 Å². The Hall–Kier alpha value is -1.96. The Morgan fingerprint density at radius 1 is 1.67 bits per heavy atom. The van der Waals surface area contributed by atoms with Crippen LogP contribution >= 0.6 is 0 Å². The molecule has 1 aromatic heterocycles. The number of nitrogen functional groups attached to an aromatic ring is 1. The summed E-state index contributed by atoms with van der Waals surface area (Å²) in [7, 11) is 1.71. The van der Waals surface area contributed by atoms with E-state index in [1.54, 1.807) is 24.2 Å². The topological polar surface area (TPSA) is 75.0 Å². The zero-order chi connectivity index (χ0) is 13.7. The molecule has 0 saturated carbocycles. The molecule has 5 nitrogen and oxygen atoms in total. The summed E-state index contributed by atoms with van der Waals surface area (Å²) in [5, 5.41) is 8.67. The SMILES string of the molecule is CCCn1cc(N)cc1C(=O)N(C)C(C)CC#N. The Morgan fingerprint density at radius 3 is 2.89 bits per heavy atom. The van der Waals surface area contributed by atoms with E-state index in [4.69, 9.17) is 11.0 Å². The highest BCUT2D eigenvalue weighted by Crippen LogP contribution is 2.15. The van der Waals surface area contributed by atoms with Crippen molar-refractivity contribution in [2.24, 2.45) is 0 Å². The van der Waals surface area contributed by atoms with Gasteiger partial charge in [0.05, 0.1) is 18.2 Å². The molecule has 0 aromatic carbocycles. The predicted molar refractivity (Wildman–Crippen MR) is 70.9 cm³/mol. The van der Waals surface area contributed by atoms with Crippen molar-refractivity contribution < 1.29 is 4.79 Å². The van der Waals surface area contributed by atoms with Crippen LogP contribution in [0.4, 0.5) is 5.69 Å². The van der Waals surface area contributed by atoms with E-state index >= 15 is 0 Å². The van der Waals surface area contributed by atoms with E-state index in [1.165, 1.54) is 0 Å². The van der Waals surface area contributed by atoms with E-state index in [0.29, 0.717) is 17.8 Å². The zero-order valence-corrected chi connectivity index (χ0v) is 11.2. The summed E-state index contributed by atoms with van der Waals surface area (Å²) in [6.07, 6.45) is 3.04. The third-order valence-corrected chi connectivity index (χ3v) is 2.97. The second-order valence-electron chi connectivity index (χ2n) is 4.48. The van der Waals surface area contributed by atoms with Crippen LogP contribution in [0.2, 0.25) is 0 Å². The van der Waals surface area contributed by atoms with Gasteiger partial charge in [-0.2, -0.15) is 5.26 Å². The summed E-state index contributed by atoms with van der Waals surface area (Å²) in [5.41, 5.74) is 6.91. The van der Waals surface area contributed by atoms with Crippen molar-refractivity contribution >= 4 is 11.6 Å². The van der Waals surface area contributed by atoms with E-state index < -0.39 is 0 Å². The molecule has 0 radical (unpaired) electrons. The van der Waals surface area contributed by atoms with Gasteiger partial charge in [0.25, 0.3) is 5.91 Å². The summed E-state index contributed by atoms with van der Waals surface area (Å²) >= 11 is 0. The Balaban J connectivity index is 2.92. The number of anilines is 1. The molecule has 98 valence electrons. The fourth-order valence-electron chi connectivity index (χ4n) is 1.79. The molecule has 2 N–H and O–H groups in total. The maximum absolute atomic E-state index is 12.3. The average molecular weight is 248 g/mol. The minimum atomic E-state index is -0.103. The second kappa shape index (κ2) is 6.10. The molecular weight excluding hydrogens is 228 g/mol. The highest BCUT2D eigenvalue weighted by atomic mass is 16.2. The number of nitrogens with zero attached hydrogens (tertiary/aromatic N) is 3. The molecular formula is C13H20N4O. The van der Waals surface area contributed by atoms with Crippen molar-refractivity contribution in [3.05, 3.63) is 18.0 Å². The lowest BCUT2D eigenvalue weighted by Crippen LogP contribution is -2.36. The van der Waals surface area contributed by atoms with Gasteiger partial charge in [-0.05, 0) is 19.4 Å². The number of amides is 1. The minimum absolute atomic E-state index is 0.0945. The first kappa shape index (κ1) is 14.1.